The number of halogens is 1. The Bertz CT molecular complexity index is 1250. The van der Waals surface area contributed by atoms with Crippen LogP contribution in [0.25, 0.3) is 17.1 Å². The molecule has 148 valence electrons. The molecule has 2 aromatic carbocycles. The van der Waals surface area contributed by atoms with Gasteiger partial charge in [-0.25, -0.2) is 4.98 Å². The number of aryl methyl sites for hydroxylation is 1. The Labute approximate surface area is 179 Å². The Morgan fingerprint density at radius 1 is 0.867 bits per heavy atom. The molecule has 0 atom stereocenters. The standard InChI is InChI=1S/C25H20ClN3O/c1-17-12-14-21(30-17)24-25(29-16-20(26)13-15-22(29)27-24)28-23(18-8-4-2-5-9-18)19-10-6-3-7-11-19/h2-16,23,28H,1H3. The Morgan fingerprint density at radius 3 is 2.13 bits per heavy atom. The monoisotopic (exact) mass is 413 g/mol. The van der Waals surface area contributed by atoms with Crippen molar-refractivity contribution in [1.82, 2.24) is 9.38 Å². The summed E-state index contributed by atoms with van der Waals surface area (Å²) in [5, 5.41) is 4.36. The number of anilines is 1. The first-order chi connectivity index (χ1) is 14.7. The first kappa shape index (κ1) is 18.5. The van der Waals surface area contributed by atoms with E-state index in [0.717, 1.165) is 39.8 Å². The molecule has 0 aliphatic rings. The lowest BCUT2D eigenvalue weighted by Crippen LogP contribution is -2.14. The number of hydrogen-bond acceptors (Lipinski definition) is 3. The lowest BCUT2D eigenvalue weighted by molar-refractivity contribution is 0.547. The maximum absolute atomic E-state index is 6.32. The summed E-state index contributed by atoms with van der Waals surface area (Å²) in [7, 11) is 0. The van der Waals surface area contributed by atoms with Crippen molar-refractivity contribution < 1.29 is 4.42 Å². The Kier molecular flexibility index (Phi) is 4.77. The van der Waals surface area contributed by atoms with E-state index in [9.17, 15) is 0 Å². The zero-order chi connectivity index (χ0) is 20.5. The third-order valence-electron chi connectivity index (χ3n) is 5.10. The molecule has 0 bridgehead atoms. The minimum atomic E-state index is -0.0684. The van der Waals surface area contributed by atoms with Crippen LogP contribution in [0, 0.1) is 6.92 Å². The lowest BCUT2D eigenvalue weighted by atomic mass is 9.98. The highest BCUT2D eigenvalue weighted by atomic mass is 35.5. The van der Waals surface area contributed by atoms with Crippen LogP contribution in [0.4, 0.5) is 5.82 Å². The molecule has 0 amide bonds. The van der Waals surface area contributed by atoms with Crippen molar-refractivity contribution in [3.05, 3.63) is 113 Å². The van der Waals surface area contributed by atoms with Crippen LogP contribution >= 0.6 is 11.6 Å². The van der Waals surface area contributed by atoms with E-state index in [1.165, 1.54) is 0 Å². The van der Waals surface area contributed by atoms with E-state index >= 15 is 0 Å². The summed E-state index contributed by atoms with van der Waals surface area (Å²) in [6.45, 7) is 1.93. The molecule has 0 aliphatic carbocycles. The van der Waals surface area contributed by atoms with Gasteiger partial charge >= 0.3 is 0 Å². The van der Waals surface area contributed by atoms with Gasteiger partial charge in [0.2, 0.25) is 0 Å². The molecule has 5 heteroatoms. The van der Waals surface area contributed by atoms with Crippen molar-refractivity contribution in [1.29, 1.82) is 0 Å². The number of pyridine rings is 1. The van der Waals surface area contributed by atoms with Crippen LogP contribution in [-0.2, 0) is 0 Å². The molecule has 3 heterocycles. The van der Waals surface area contributed by atoms with Crippen LogP contribution in [0.5, 0.6) is 0 Å². The van der Waals surface area contributed by atoms with Gasteiger partial charge in [-0.2, -0.15) is 0 Å². The second kappa shape index (κ2) is 7.73. The van der Waals surface area contributed by atoms with Gasteiger partial charge < -0.3 is 9.73 Å². The summed E-state index contributed by atoms with van der Waals surface area (Å²) in [6.07, 6.45) is 1.87. The normalized spacial score (nSPS) is 11.3. The largest absolute Gasteiger partial charge is 0.460 e. The predicted octanol–water partition coefficient (Wildman–Crippen LogP) is 6.76. The van der Waals surface area contributed by atoms with E-state index in [1.54, 1.807) is 0 Å². The van der Waals surface area contributed by atoms with Crippen molar-refractivity contribution >= 4 is 23.1 Å². The van der Waals surface area contributed by atoms with Crippen molar-refractivity contribution in [2.24, 2.45) is 0 Å². The summed E-state index contributed by atoms with van der Waals surface area (Å²) in [6, 6.07) is 28.3. The molecule has 4 nitrogen and oxygen atoms in total. The SMILES string of the molecule is Cc1ccc(-c2nc3ccc(Cl)cn3c2NC(c2ccccc2)c2ccccc2)o1. The second-order valence-corrected chi connectivity index (χ2v) is 7.63. The first-order valence-corrected chi connectivity index (χ1v) is 10.2. The number of furan rings is 1. The summed E-state index contributed by atoms with van der Waals surface area (Å²) in [5.74, 6) is 2.39. The molecule has 30 heavy (non-hydrogen) atoms. The van der Waals surface area contributed by atoms with Crippen molar-refractivity contribution in [2.45, 2.75) is 13.0 Å². The van der Waals surface area contributed by atoms with Crippen molar-refractivity contribution in [2.75, 3.05) is 5.32 Å². The fourth-order valence-electron chi connectivity index (χ4n) is 3.68. The number of imidazole rings is 1. The number of nitrogens with one attached hydrogen (secondary N) is 1. The Morgan fingerprint density at radius 2 is 1.53 bits per heavy atom. The topological polar surface area (TPSA) is 42.5 Å². The van der Waals surface area contributed by atoms with Gasteiger partial charge in [0.1, 0.15) is 22.9 Å². The minimum Gasteiger partial charge on any atom is -0.460 e. The fraction of sp³-hybridized carbons (Fsp3) is 0.0800. The maximum atomic E-state index is 6.32. The van der Waals surface area contributed by atoms with Gasteiger partial charge in [-0.3, -0.25) is 4.40 Å². The van der Waals surface area contributed by atoms with Gasteiger partial charge in [-0.05, 0) is 42.3 Å². The summed E-state index contributed by atoms with van der Waals surface area (Å²) >= 11 is 6.32. The van der Waals surface area contributed by atoms with E-state index in [1.807, 2.05) is 53.9 Å². The lowest BCUT2D eigenvalue weighted by Gasteiger charge is -2.21. The highest BCUT2D eigenvalue weighted by Gasteiger charge is 2.22. The number of aromatic nitrogens is 2. The third-order valence-corrected chi connectivity index (χ3v) is 5.33. The van der Waals surface area contributed by atoms with E-state index in [0.29, 0.717) is 5.02 Å². The quantitative estimate of drug-likeness (QED) is 0.346. The molecule has 1 N–H and O–H groups in total. The summed E-state index contributed by atoms with van der Waals surface area (Å²) in [4.78, 5) is 4.83. The molecule has 0 radical (unpaired) electrons. The fourth-order valence-corrected chi connectivity index (χ4v) is 3.84. The number of benzene rings is 2. The number of rotatable bonds is 5. The van der Waals surface area contributed by atoms with Gasteiger partial charge in [0.15, 0.2) is 5.76 Å². The van der Waals surface area contributed by atoms with E-state index < -0.39 is 0 Å². The highest BCUT2D eigenvalue weighted by molar-refractivity contribution is 6.30. The molecule has 0 spiro atoms. The van der Waals surface area contributed by atoms with Crippen LogP contribution in [0.3, 0.4) is 0 Å². The molecule has 5 rings (SSSR count). The van der Waals surface area contributed by atoms with Crippen molar-refractivity contribution in [3.63, 3.8) is 0 Å². The summed E-state index contributed by atoms with van der Waals surface area (Å²) in [5.41, 5.74) is 3.86. The van der Waals surface area contributed by atoms with Gasteiger partial charge in [0.25, 0.3) is 0 Å². The molecule has 0 unspecified atom stereocenters. The molecule has 5 aromatic rings. The van der Waals surface area contributed by atoms with Crippen LogP contribution in [0.15, 0.2) is 95.5 Å². The van der Waals surface area contributed by atoms with Gasteiger partial charge in [-0.15, -0.1) is 0 Å². The van der Waals surface area contributed by atoms with Crippen LogP contribution < -0.4 is 5.32 Å². The second-order valence-electron chi connectivity index (χ2n) is 7.19. The number of hydrogen-bond donors (Lipinski definition) is 1. The molecular weight excluding hydrogens is 394 g/mol. The third kappa shape index (κ3) is 3.46. The molecule has 0 saturated carbocycles. The van der Waals surface area contributed by atoms with Crippen LogP contribution in [0.1, 0.15) is 22.9 Å². The summed E-state index contributed by atoms with van der Waals surface area (Å²) < 4.78 is 7.89. The first-order valence-electron chi connectivity index (χ1n) is 9.80. The average molecular weight is 414 g/mol. The van der Waals surface area contributed by atoms with Gasteiger partial charge in [0.05, 0.1) is 11.1 Å². The smallest absolute Gasteiger partial charge is 0.156 e. The highest BCUT2D eigenvalue weighted by Crippen LogP contribution is 2.35. The van der Waals surface area contributed by atoms with E-state index in [2.05, 4.69) is 53.8 Å². The predicted molar refractivity (Wildman–Crippen MR) is 121 cm³/mol. The molecular formula is C25H20ClN3O. The van der Waals surface area contributed by atoms with E-state index in [-0.39, 0.29) is 6.04 Å². The molecule has 0 saturated heterocycles. The average Bonchev–Trinajstić information content (AvgIpc) is 3.36. The molecule has 3 aromatic heterocycles. The maximum Gasteiger partial charge on any atom is 0.156 e. The number of fused-ring (bicyclic) bond motifs is 1. The Balaban J connectivity index is 1.69. The number of nitrogens with zero attached hydrogens (tertiary/aromatic N) is 2. The van der Waals surface area contributed by atoms with Gasteiger partial charge in [-0.1, -0.05) is 72.3 Å². The van der Waals surface area contributed by atoms with Crippen LogP contribution in [-0.4, -0.2) is 9.38 Å². The zero-order valence-electron chi connectivity index (χ0n) is 16.4. The van der Waals surface area contributed by atoms with E-state index in [4.69, 9.17) is 21.0 Å². The van der Waals surface area contributed by atoms with Crippen molar-refractivity contribution in [3.8, 4) is 11.5 Å². The van der Waals surface area contributed by atoms with Gasteiger partial charge in [0, 0.05) is 6.20 Å². The minimum absolute atomic E-state index is 0.0684. The zero-order valence-corrected chi connectivity index (χ0v) is 17.2. The Hall–Kier alpha value is -3.50. The molecule has 0 fully saturated rings. The van der Waals surface area contributed by atoms with Crippen LogP contribution in [0.2, 0.25) is 5.02 Å². The molecule has 0 aliphatic heterocycles.